The number of hydrogen-bond acceptors (Lipinski definition) is 2. The van der Waals surface area contributed by atoms with E-state index in [1.54, 1.807) is 0 Å². The lowest BCUT2D eigenvalue weighted by molar-refractivity contribution is -0.128. The Labute approximate surface area is 173 Å². The molecule has 150 valence electrons. The fourth-order valence-electron chi connectivity index (χ4n) is 6.84. The smallest absolute Gasteiger partial charge is 0.251 e. The van der Waals surface area contributed by atoms with Gasteiger partial charge in [-0.2, -0.15) is 0 Å². The van der Waals surface area contributed by atoms with Crippen LogP contribution in [0.4, 0.5) is 0 Å². The minimum atomic E-state index is 0.0658. The Bertz CT molecular complexity index is 777. The Balaban J connectivity index is 1.34. The van der Waals surface area contributed by atoms with Gasteiger partial charge in [-0.3, -0.25) is 10.1 Å². The third kappa shape index (κ3) is 3.21. The summed E-state index contributed by atoms with van der Waals surface area (Å²) in [7, 11) is 0. The van der Waals surface area contributed by atoms with Crippen LogP contribution >= 0.6 is 11.6 Å². The maximum Gasteiger partial charge on any atom is 0.251 e. The molecule has 0 radical (unpaired) electrons. The van der Waals surface area contributed by atoms with Gasteiger partial charge in [0.1, 0.15) is 6.17 Å². The van der Waals surface area contributed by atoms with E-state index >= 15 is 0 Å². The molecule has 4 heteroatoms. The molecule has 1 heterocycles. The highest BCUT2D eigenvalue weighted by atomic mass is 35.5. The largest absolute Gasteiger partial charge is 0.319 e. The Morgan fingerprint density at radius 2 is 1.61 bits per heavy atom. The zero-order chi connectivity index (χ0) is 19.5. The summed E-state index contributed by atoms with van der Waals surface area (Å²) in [5.41, 5.74) is 3.63. The van der Waals surface area contributed by atoms with E-state index < -0.39 is 0 Å². The first-order chi connectivity index (χ1) is 13.4. The van der Waals surface area contributed by atoms with Crippen LogP contribution in [0.5, 0.6) is 0 Å². The molecular formula is C24H31ClN2O. The molecule has 1 atom stereocenters. The van der Waals surface area contributed by atoms with Crippen molar-refractivity contribution in [2.75, 3.05) is 6.54 Å². The molecule has 4 saturated carbocycles. The molecule has 0 spiro atoms. The van der Waals surface area contributed by atoms with Gasteiger partial charge >= 0.3 is 0 Å². The molecular weight excluding hydrogens is 368 g/mol. The van der Waals surface area contributed by atoms with Gasteiger partial charge in [-0.1, -0.05) is 23.7 Å². The Kier molecular flexibility index (Phi) is 4.59. The SMILES string of the molecule is CC1=C(C)[C@H](NC23CC4CC(CC(C4)C2)C3)N(CCc2ccc(Cl)cc2)C1=O. The van der Waals surface area contributed by atoms with Gasteiger partial charge in [-0.15, -0.1) is 0 Å². The summed E-state index contributed by atoms with van der Waals surface area (Å²) < 4.78 is 0. The molecule has 0 saturated heterocycles. The van der Waals surface area contributed by atoms with Crippen LogP contribution in [0.25, 0.3) is 0 Å². The van der Waals surface area contributed by atoms with Gasteiger partial charge in [0, 0.05) is 22.7 Å². The van der Waals surface area contributed by atoms with Gasteiger partial charge in [0.25, 0.3) is 5.91 Å². The van der Waals surface area contributed by atoms with Crippen LogP contribution in [0, 0.1) is 17.8 Å². The number of benzene rings is 1. The maximum absolute atomic E-state index is 13.0. The number of hydrogen-bond donors (Lipinski definition) is 1. The summed E-state index contributed by atoms with van der Waals surface area (Å²) in [6.07, 6.45) is 9.18. The van der Waals surface area contributed by atoms with Gasteiger partial charge in [-0.25, -0.2) is 0 Å². The fourth-order valence-corrected chi connectivity index (χ4v) is 6.96. The first kappa shape index (κ1) is 18.7. The Morgan fingerprint density at radius 1 is 1.04 bits per heavy atom. The van der Waals surface area contributed by atoms with Crippen molar-refractivity contribution in [3.63, 3.8) is 0 Å². The number of carbonyl (C=O) groups excluding carboxylic acids is 1. The second-order valence-corrected chi connectivity index (χ2v) is 10.4. The highest BCUT2D eigenvalue weighted by Crippen LogP contribution is 2.56. The summed E-state index contributed by atoms with van der Waals surface area (Å²) in [4.78, 5) is 15.1. The molecule has 1 N–H and O–H groups in total. The van der Waals surface area contributed by atoms with E-state index in [4.69, 9.17) is 11.6 Å². The average Bonchev–Trinajstić information content (AvgIpc) is 2.84. The second-order valence-electron chi connectivity index (χ2n) is 9.93. The van der Waals surface area contributed by atoms with Crippen LogP contribution in [0.15, 0.2) is 35.4 Å². The third-order valence-corrected chi connectivity index (χ3v) is 8.18. The molecule has 4 fully saturated rings. The van der Waals surface area contributed by atoms with Crippen molar-refractivity contribution in [2.45, 2.75) is 70.5 Å². The molecule has 28 heavy (non-hydrogen) atoms. The molecule has 4 aliphatic carbocycles. The fraction of sp³-hybridized carbons (Fsp3) is 0.625. The zero-order valence-corrected chi connectivity index (χ0v) is 17.8. The molecule has 1 aliphatic heterocycles. The van der Waals surface area contributed by atoms with Gasteiger partial charge in [0.05, 0.1) is 0 Å². The van der Waals surface area contributed by atoms with Crippen LogP contribution < -0.4 is 5.32 Å². The minimum absolute atomic E-state index is 0.0658. The van der Waals surface area contributed by atoms with Crippen LogP contribution in [0.3, 0.4) is 0 Å². The van der Waals surface area contributed by atoms with E-state index in [0.29, 0.717) is 0 Å². The zero-order valence-electron chi connectivity index (χ0n) is 17.0. The van der Waals surface area contributed by atoms with Gasteiger partial charge in [-0.05, 0) is 99.8 Å². The van der Waals surface area contributed by atoms with Crippen LogP contribution in [0.2, 0.25) is 5.02 Å². The van der Waals surface area contributed by atoms with Gasteiger partial charge in [0.15, 0.2) is 0 Å². The number of carbonyl (C=O) groups is 1. The molecule has 1 amide bonds. The molecule has 1 aromatic rings. The monoisotopic (exact) mass is 398 g/mol. The molecule has 3 nitrogen and oxygen atoms in total. The Hall–Kier alpha value is -1.32. The second kappa shape index (κ2) is 6.88. The third-order valence-electron chi connectivity index (χ3n) is 7.93. The van der Waals surface area contributed by atoms with Crippen molar-refractivity contribution in [1.29, 1.82) is 0 Å². The lowest BCUT2D eigenvalue weighted by atomic mass is 9.53. The number of amides is 1. The number of nitrogens with zero attached hydrogens (tertiary/aromatic N) is 1. The van der Waals surface area contributed by atoms with E-state index in [9.17, 15) is 4.79 Å². The first-order valence-electron chi connectivity index (χ1n) is 10.9. The molecule has 6 rings (SSSR count). The van der Waals surface area contributed by atoms with E-state index in [1.165, 1.54) is 49.7 Å². The van der Waals surface area contributed by atoms with Crippen LogP contribution in [0.1, 0.15) is 57.9 Å². The summed E-state index contributed by atoms with van der Waals surface area (Å²) in [5.74, 6) is 2.92. The van der Waals surface area contributed by atoms with Crippen molar-refractivity contribution in [3.05, 3.63) is 46.0 Å². The lowest BCUT2D eigenvalue weighted by Gasteiger charge is -2.58. The van der Waals surface area contributed by atoms with E-state index in [0.717, 1.165) is 41.3 Å². The van der Waals surface area contributed by atoms with E-state index in [1.807, 2.05) is 19.1 Å². The Morgan fingerprint density at radius 3 is 2.18 bits per heavy atom. The maximum atomic E-state index is 13.0. The summed E-state index contributed by atoms with van der Waals surface area (Å²) in [6, 6.07) is 8.00. The minimum Gasteiger partial charge on any atom is -0.319 e. The molecule has 1 aromatic carbocycles. The number of halogens is 1. The van der Waals surface area contributed by atoms with E-state index in [-0.39, 0.29) is 17.6 Å². The van der Waals surface area contributed by atoms with Crippen LogP contribution in [-0.2, 0) is 11.2 Å². The van der Waals surface area contributed by atoms with Crippen LogP contribution in [-0.4, -0.2) is 29.1 Å². The summed E-state index contributed by atoms with van der Waals surface area (Å²) in [5, 5.41) is 4.82. The van der Waals surface area contributed by atoms with Gasteiger partial charge < -0.3 is 4.90 Å². The van der Waals surface area contributed by atoms with Crippen molar-refractivity contribution in [2.24, 2.45) is 17.8 Å². The van der Waals surface area contributed by atoms with E-state index in [2.05, 4.69) is 29.3 Å². The number of nitrogens with one attached hydrogen (secondary N) is 1. The topological polar surface area (TPSA) is 32.3 Å². The van der Waals surface area contributed by atoms with Crippen molar-refractivity contribution < 1.29 is 4.79 Å². The molecule has 5 aliphatic rings. The highest BCUT2D eigenvalue weighted by Gasteiger charge is 2.52. The summed E-state index contributed by atoms with van der Waals surface area (Å²) in [6.45, 7) is 4.89. The average molecular weight is 399 g/mol. The highest BCUT2D eigenvalue weighted by molar-refractivity contribution is 6.30. The predicted molar refractivity (Wildman–Crippen MR) is 113 cm³/mol. The molecule has 0 unspecified atom stereocenters. The predicted octanol–water partition coefficient (Wildman–Crippen LogP) is 4.95. The quantitative estimate of drug-likeness (QED) is 0.761. The van der Waals surface area contributed by atoms with Crippen molar-refractivity contribution in [3.8, 4) is 0 Å². The van der Waals surface area contributed by atoms with Crippen molar-refractivity contribution >= 4 is 17.5 Å². The lowest BCUT2D eigenvalue weighted by Crippen LogP contribution is -2.63. The molecule has 4 bridgehead atoms. The normalized spacial score (nSPS) is 36.7. The molecule has 0 aromatic heterocycles. The van der Waals surface area contributed by atoms with Crippen molar-refractivity contribution in [1.82, 2.24) is 10.2 Å². The summed E-state index contributed by atoms with van der Waals surface area (Å²) >= 11 is 6.01. The number of rotatable bonds is 5. The van der Waals surface area contributed by atoms with Gasteiger partial charge in [0.2, 0.25) is 0 Å². The first-order valence-corrected chi connectivity index (χ1v) is 11.3. The standard InChI is InChI=1S/C24H31ClN2O/c1-15-16(2)23(28)27(8-7-17-3-5-21(25)6-4-17)22(15)26-24-12-18-9-19(13-24)11-20(10-18)14-24/h3-6,18-20,22,26H,7-14H2,1-2H3/t18?,19?,20?,22-,24?/m1/s1.